The summed E-state index contributed by atoms with van der Waals surface area (Å²) in [5.41, 5.74) is 0. The van der Waals surface area contributed by atoms with Crippen molar-refractivity contribution in [3.05, 3.63) is 30.1 Å². The molecule has 7 heteroatoms. The first-order valence-corrected chi connectivity index (χ1v) is 5.98. The van der Waals surface area contributed by atoms with E-state index in [0.29, 0.717) is 5.75 Å². The Hall–Kier alpha value is -2.15. The Morgan fingerprint density at radius 1 is 1.35 bits per heavy atom. The van der Waals surface area contributed by atoms with Gasteiger partial charge in [-0.05, 0) is 31.2 Å². The zero-order valence-electron chi connectivity index (χ0n) is 11.0. The first-order chi connectivity index (χ1) is 9.49. The second-order valence-electron chi connectivity index (χ2n) is 3.95. The lowest BCUT2D eigenvalue weighted by atomic mass is 10.3. The highest BCUT2D eigenvalue weighted by molar-refractivity contribution is 5.80. The summed E-state index contributed by atoms with van der Waals surface area (Å²) in [5, 5.41) is 10.9. The molecule has 1 unspecified atom stereocenters. The summed E-state index contributed by atoms with van der Waals surface area (Å²) in [7, 11) is 0. The number of rotatable bonds is 8. The van der Waals surface area contributed by atoms with Gasteiger partial charge in [-0.1, -0.05) is 0 Å². The predicted octanol–water partition coefficient (Wildman–Crippen LogP) is 0.810. The van der Waals surface area contributed by atoms with E-state index in [2.05, 4.69) is 5.32 Å². The number of aliphatic carboxylic acids is 1. The van der Waals surface area contributed by atoms with Gasteiger partial charge in [-0.2, -0.15) is 0 Å². The Balaban J connectivity index is 2.25. The fraction of sp³-hybridized carbons (Fsp3) is 0.385. The van der Waals surface area contributed by atoms with E-state index in [1.165, 1.54) is 24.3 Å². The number of carboxylic acids is 1. The van der Waals surface area contributed by atoms with E-state index in [1.807, 2.05) is 0 Å². The Kier molecular flexibility index (Phi) is 6.45. The SMILES string of the molecule is CC(Oc1ccc(F)cc1)C(=O)NCCOCC(=O)O. The number of hydrogen-bond donors (Lipinski definition) is 2. The molecule has 0 aliphatic heterocycles. The molecule has 1 aromatic carbocycles. The number of carbonyl (C=O) groups is 2. The van der Waals surface area contributed by atoms with Crippen molar-refractivity contribution in [1.82, 2.24) is 5.32 Å². The quantitative estimate of drug-likeness (QED) is 0.690. The number of carboxylic acid groups (broad SMARTS) is 1. The van der Waals surface area contributed by atoms with Crippen LogP contribution in [-0.4, -0.2) is 42.8 Å². The number of ether oxygens (including phenoxy) is 2. The molecule has 1 amide bonds. The molecule has 0 aromatic heterocycles. The van der Waals surface area contributed by atoms with E-state index in [0.717, 1.165) is 0 Å². The van der Waals surface area contributed by atoms with E-state index < -0.39 is 18.7 Å². The van der Waals surface area contributed by atoms with Crippen LogP contribution in [-0.2, 0) is 14.3 Å². The summed E-state index contributed by atoms with van der Waals surface area (Å²) in [6.45, 7) is 1.43. The van der Waals surface area contributed by atoms with Gasteiger partial charge in [0, 0.05) is 6.54 Å². The van der Waals surface area contributed by atoms with Crippen LogP contribution in [0.5, 0.6) is 5.75 Å². The zero-order valence-corrected chi connectivity index (χ0v) is 11.0. The molecule has 1 aromatic rings. The van der Waals surface area contributed by atoms with Gasteiger partial charge in [0.2, 0.25) is 0 Å². The highest BCUT2D eigenvalue weighted by Crippen LogP contribution is 2.12. The molecule has 1 atom stereocenters. The predicted molar refractivity (Wildman–Crippen MR) is 68.0 cm³/mol. The molecule has 110 valence electrons. The largest absolute Gasteiger partial charge is 0.481 e. The number of benzene rings is 1. The van der Waals surface area contributed by atoms with Crippen LogP contribution in [0.25, 0.3) is 0 Å². The third-order valence-corrected chi connectivity index (χ3v) is 2.27. The van der Waals surface area contributed by atoms with Crippen LogP contribution >= 0.6 is 0 Å². The van der Waals surface area contributed by atoms with E-state index in [-0.39, 0.29) is 24.9 Å². The molecule has 0 saturated heterocycles. The maximum absolute atomic E-state index is 12.7. The molecule has 0 aliphatic carbocycles. The summed E-state index contributed by atoms with van der Waals surface area (Å²) in [4.78, 5) is 21.8. The van der Waals surface area contributed by atoms with Crippen molar-refractivity contribution < 1.29 is 28.6 Å². The van der Waals surface area contributed by atoms with Gasteiger partial charge in [0.15, 0.2) is 6.10 Å². The molecule has 0 fully saturated rings. The van der Waals surface area contributed by atoms with E-state index in [4.69, 9.17) is 14.6 Å². The van der Waals surface area contributed by atoms with Gasteiger partial charge >= 0.3 is 5.97 Å². The first kappa shape index (κ1) is 15.9. The molecule has 0 radical (unpaired) electrons. The second-order valence-corrected chi connectivity index (χ2v) is 3.95. The molecule has 20 heavy (non-hydrogen) atoms. The van der Waals surface area contributed by atoms with Gasteiger partial charge in [-0.25, -0.2) is 9.18 Å². The average molecular weight is 285 g/mol. The third-order valence-electron chi connectivity index (χ3n) is 2.27. The van der Waals surface area contributed by atoms with Gasteiger partial charge in [0.1, 0.15) is 18.2 Å². The maximum Gasteiger partial charge on any atom is 0.329 e. The highest BCUT2D eigenvalue weighted by atomic mass is 19.1. The lowest BCUT2D eigenvalue weighted by Gasteiger charge is -2.14. The smallest absolute Gasteiger partial charge is 0.329 e. The zero-order chi connectivity index (χ0) is 15.0. The molecule has 1 rings (SSSR count). The van der Waals surface area contributed by atoms with Crippen molar-refractivity contribution in [2.24, 2.45) is 0 Å². The van der Waals surface area contributed by atoms with Crippen molar-refractivity contribution in [2.45, 2.75) is 13.0 Å². The standard InChI is InChI=1S/C13H16FNO5/c1-9(20-11-4-2-10(14)3-5-11)13(18)15-6-7-19-8-12(16)17/h2-5,9H,6-8H2,1H3,(H,15,18)(H,16,17). The molecule has 0 heterocycles. The summed E-state index contributed by atoms with van der Waals surface area (Å²) >= 11 is 0. The van der Waals surface area contributed by atoms with E-state index in [1.54, 1.807) is 6.92 Å². The van der Waals surface area contributed by atoms with Gasteiger partial charge in [-0.3, -0.25) is 4.79 Å². The van der Waals surface area contributed by atoms with Gasteiger partial charge in [-0.15, -0.1) is 0 Å². The Morgan fingerprint density at radius 3 is 2.60 bits per heavy atom. The van der Waals surface area contributed by atoms with Crippen molar-refractivity contribution >= 4 is 11.9 Å². The van der Waals surface area contributed by atoms with Crippen molar-refractivity contribution in [3.63, 3.8) is 0 Å². The topological polar surface area (TPSA) is 84.9 Å². The van der Waals surface area contributed by atoms with Gasteiger partial charge in [0.25, 0.3) is 5.91 Å². The van der Waals surface area contributed by atoms with Crippen molar-refractivity contribution in [1.29, 1.82) is 0 Å². The number of carbonyl (C=O) groups excluding carboxylic acids is 1. The summed E-state index contributed by atoms with van der Waals surface area (Å²) < 4.78 is 22.8. The normalized spacial score (nSPS) is 11.7. The van der Waals surface area contributed by atoms with Gasteiger partial charge < -0.3 is 19.9 Å². The second kappa shape index (κ2) is 8.11. The van der Waals surface area contributed by atoms with Crippen LogP contribution in [0.3, 0.4) is 0 Å². The van der Waals surface area contributed by atoms with E-state index >= 15 is 0 Å². The first-order valence-electron chi connectivity index (χ1n) is 5.98. The molecular formula is C13H16FNO5. The monoisotopic (exact) mass is 285 g/mol. The van der Waals surface area contributed by atoms with Crippen LogP contribution in [0.4, 0.5) is 4.39 Å². The summed E-state index contributed by atoms with van der Waals surface area (Å²) in [5.74, 6) is -1.43. The summed E-state index contributed by atoms with van der Waals surface area (Å²) in [6, 6.07) is 5.32. The van der Waals surface area contributed by atoms with Crippen LogP contribution < -0.4 is 10.1 Å². The molecule has 0 spiro atoms. The minimum absolute atomic E-state index is 0.0985. The molecule has 0 bridgehead atoms. The Bertz CT molecular complexity index is 449. The fourth-order valence-electron chi connectivity index (χ4n) is 1.32. The van der Waals surface area contributed by atoms with Crippen LogP contribution in [0.15, 0.2) is 24.3 Å². The van der Waals surface area contributed by atoms with Crippen LogP contribution in [0.2, 0.25) is 0 Å². The number of hydrogen-bond acceptors (Lipinski definition) is 4. The number of amides is 1. The van der Waals surface area contributed by atoms with Gasteiger partial charge in [0.05, 0.1) is 6.61 Å². The van der Waals surface area contributed by atoms with Crippen LogP contribution in [0.1, 0.15) is 6.92 Å². The van der Waals surface area contributed by atoms with E-state index in [9.17, 15) is 14.0 Å². The summed E-state index contributed by atoms with van der Waals surface area (Å²) in [6.07, 6.45) is -0.750. The number of halogens is 1. The van der Waals surface area contributed by atoms with Crippen molar-refractivity contribution in [3.8, 4) is 5.75 Å². The van der Waals surface area contributed by atoms with Crippen molar-refractivity contribution in [2.75, 3.05) is 19.8 Å². The number of nitrogens with one attached hydrogen (secondary N) is 1. The molecule has 6 nitrogen and oxygen atoms in total. The maximum atomic E-state index is 12.7. The Labute approximate surface area is 115 Å². The fourth-order valence-corrected chi connectivity index (χ4v) is 1.32. The van der Waals surface area contributed by atoms with Crippen LogP contribution in [0, 0.1) is 5.82 Å². The lowest BCUT2D eigenvalue weighted by Crippen LogP contribution is -2.38. The minimum Gasteiger partial charge on any atom is -0.481 e. The molecule has 2 N–H and O–H groups in total. The third kappa shape index (κ3) is 6.14. The molecule has 0 aliphatic rings. The Morgan fingerprint density at radius 2 is 2.00 bits per heavy atom. The lowest BCUT2D eigenvalue weighted by molar-refractivity contribution is -0.142. The minimum atomic E-state index is -1.07. The average Bonchev–Trinajstić information content (AvgIpc) is 2.40. The molecular weight excluding hydrogens is 269 g/mol. The highest BCUT2D eigenvalue weighted by Gasteiger charge is 2.13. The molecule has 0 saturated carbocycles.